The van der Waals surface area contributed by atoms with Gasteiger partial charge in [0.1, 0.15) is 6.17 Å². The molecule has 2 fully saturated rings. The predicted molar refractivity (Wildman–Crippen MR) is 87.5 cm³/mol. The lowest BCUT2D eigenvalue weighted by molar-refractivity contribution is -0.0281. The Kier molecular flexibility index (Phi) is 5.01. The van der Waals surface area contributed by atoms with Gasteiger partial charge in [0.25, 0.3) is 0 Å². The van der Waals surface area contributed by atoms with Gasteiger partial charge in [0.2, 0.25) is 0 Å². The Morgan fingerprint density at radius 3 is 1.71 bits per heavy atom. The first-order chi connectivity index (χ1) is 9.59. The molecule has 2 aliphatic heterocycles. The summed E-state index contributed by atoms with van der Waals surface area (Å²) in [5, 5.41) is 0. The van der Waals surface area contributed by atoms with E-state index in [-0.39, 0.29) is 17.1 Å². The van der Waals surface area contributed by atoms with Crippen molar-refractivity contribution < 1.29 is 4.39 Å². The van der Waals surface area contributed by atoms with Crippen molar-refractivity contribution in [3.05, 3.63) is 0 Å². The number of hydrogen-bond acceptors (Lipinski definition) is 3. The van der Waals surface area contributed by atoms with Gasteiger partial charge in [-0.25, -0.2) is 4.39 Å². The van der Waals surface area contributed by atoms with Gasteiger partial charge in [0, 0.05) is 56.4 Å². The molecule has 0 spiro atoms. The third-order valence-electron chi connectivity index (χ3n) is 5.19. The molecular formula is C17H34FN3. The van der Waals surface area contributed by atoms with Crippen LogP contribution in [0.15, 0.2) is 0 Å². The topological polar surface area (TPSA) is 9.72 Å². The second-order valence-electron chi connectivity index (χ2n) is 8.68. The minimum Gasteiger partial charge on any atom is -0.296 e. The molecule has 0 saturated carbocycles. The van der Waals surface area contributed by atoms with Crippen LogP contribution in [0.25, 0.3) is 0 Å². The molecule has 124 valence electrons. The van der Waals surface area contributed by atoms with Crippen LogP contribution < -0.4 is 0 Å². The summed E-state index contributed by atoms with van der Waals surface area (Å²) < 4.78 is 14.6. The molecule has 0 aromatic rings. The average Bonchev–Trinajstić information content (AvgIpc) is 2.36. The van der Waals surface area contributed by atoms with Crippen LogP contribution in [0.4, 0.5) is 4.39 Å². The molecule has 0 aromatic carbocycles. The summed E-state index contributed by atoms with van der Waals surface area (Å²) in [5.41, 5.74) is 0.317. The number of halogens is 1. The lowest BCUT2D eigenvalue weighted by Gasteiger charge is -2.49. The van der Waals surface area contributed by atoms with Crippen LogP contribution in [-0.2, 0) is 0 Å². The monoisotopic (exact) mass is 299 g/mol. The van der Waals surface area contributed by atoms with Crippen LogP contribution in [0.5, 0.6) is 0 Å². The normalized spacial score (nSPS) is 31.6. The van der Waals surface area contributed by atoms with Gasteiger partial charge in [-0.2, -0.15) is 0 Å². The number of piperidine rings is 1. The zero-order chi connectivity index (χ0) is 15.8. The molecule has 0 radical (unpaired) electrons. The molecule has 0 bridgehead atoms. The van der Waals surface area contributed by atoms with Gasteiger partial charge in [-0.05, 0) is 48.0 Å². The summed E-state index contributed by atoms with van der Waals surface area (Å²) in [5.74, 6) is 0. The first kappa shape index (κ1) is 17.2. The Balaban J connectivity index is 1.88. The van der Waals surface area contributed by atoms with Crippen LogP contribution in [0.1, 0.15) is 48.0 Å². The number of hydrogen-bond donors (Lipinski definition) is 0. The van der Waals surface area contributed by atoms with Crippen LogP contribution in [0.2, 0.25) is 0 Å². The minimum atomic E-state index is -0.709. The molecule has 2 heterocycles. The fourth-order valence-corrected chi connectivity index (χ4v) is 3.64. The van der Waals surface area contributed by atoms with E-state index in [0.717, 1.165) is 39.1 Å². The molecule has 4 heteroatoms. The lowest BCUT2D eigenvalue weighted by atomic mass is 9.95. The number of rotatable bonds is 1. The Labute approximate surface area is 130 Å². The predicted octanol–water partition coefficient (Wildman–Crippen LogP) is 2.61. The lowest BCUT2D eigenvalue weighted by Crippen LogP contribution is -2.61. The van der Waals surface area contributed by atoms with E-state index in [9.17, 15) is 4.39 Å². The summed E-state index contributed by atoms with van der Waals surface area (Å²) in [6.07, 6.45) is 0.257. The number of nitrogens with zero attached hydrogens (tertiary/aromatic N) is 3. The Hall–Kier alpha value is -0.190. The summed E-state index contributed by atoms with van der Waals surface area (Å²) >= 11 is 0. The van der Waals surface area contributed by atoms with Crippen molar-refractivity contribution in [3.63, 3.8) is 0 Å². The third kappa shape index (κ3) is 4.17. The van der Waals surface area contributed by atoms with Crippen molar-refractivity contribution in [3.8, 4) is 0 Å². The van der Waals surface area contributed by atoms with Gasteiger partial charge < -0.3 is 0 Å². The molecule has 0 aromatic heterocycles. The number of piperazine rings is 1. The van der Waals surface area contributed by atoms with Crippen LogP contribution in [-0.4, -0.2) is 77.3 Å². The molecule has 2 atom stereocenters. The molecule has 21 heavy (non-hydrogen) atoms. The zero-order valence-corrected chi connectivity index (χ0v) is 14.8. The standard InChI is InChI=1S/C17H34FN3/c1-16(2,3)20-11-9-19(10-12-20)15-7-8-21(13-14(15)18)17(4,5)6/h14-15H,7-13H2,1-6H3. The van der Waals surface area contributed by atoms with E-state index in [1.54, 1.807) is 0 Å². The van der Waals surface area contributed by atoms with Crippen molar-refractivity contribution >= 4 is 0 Å². The molecule has 0 aliphatic carbocycles. The van der Waals surface area contributed by atoms with Gasteiger partial charge in [-0.15, -0.1) is 0 Å². The van der Waals surface area contributed by atoms with Gasteiger partial charge in [0.15, 0.2) is 0 Å². The van der Waals surface area contributed by atoms with E-state index in [4.69, 9.17) is 0 Å². The second kappa shape index (κ2) is 6.13. The van der Waals surface area contributed by atoms with E-state index in [0.29, 0.717) is 6.54 Å². The van der Waals surface area contributed by atoms with E-state index < -0.39 is 6.17 Å². The fourth-order valence-electron chi connectivity index (χ4n) is 3.64. The Bertz CT molecular complexity index is 337. The van der Waals surface area contributed by atoms with E-state index in [1.807, 2.05) is 0 Å². The van der Waals surface area contributed by atoms with Crippen LogP contribution in [0.3, 0.4) is 0 Å². The van der Waals surface area contributed by atoms with Crippen LogP contribution in [0, 0.1) is 0 Å². The fraction of sp³-hybridized carbons (Fsp3) is 1.00. The highest BCUT2D eigenvalue weighted by Gasteiger charge is 2.38. The van der Waals surface area contributed by atoms with Crippen LogP contribution >= 0.6 is 0 Å². The van der Waals surface area contributed by atoms with E-state index >= 15 is 0 Å². The Morgan fingerprint density at radius 1 is 0.762 bits per heavy atom. The maximum absolute atomic E-state index is 14.6. The molecule has 0 N–H and O–H groups in total. The summed E-state index contributed by atoms with van der Waals surface area (Å²) in [6.45, 7) is 19.1. The number of likely N-dealkylation sites (tertiary alicyclic amines) is 1. The molecule has 3 nitrogen and oxygen atoms in total. The Morgan fingerprint density at radius 2 is 1.29 bits per heavy atom. The highest BCUT2D eigenvalue weighted by Crippen LogP contribution is 2.27. The van der Waals surface area contributed by atoms with Crippen molar-refractivity contribution in [1.29, 1.82) is 0 Å². The highest BCUT2D eigenvalue weighted by atomic mass is 19.1. The summed E-state index contributed by atoms with van der Waals surface area (Å²) in [6, 6.07) is 0.130. The SMILES string of the molecule is CC(C)(C)N1CCN(C2CCN(C(C)(C)C)CC2F)CC1. The van der Waals surface area contributed by atoms with Crippen molar-refractivity contribution in [1.82, 2.24) is 14.7 Å². The minimum absolute atomic E-state index is 0.0836. The molecular weight excluding hydrogens is 265 g/mol. The molecule has 2 unspecified atom stereocenters. The molecule has 0 amide bonds. The van der Waals surface area contributed by atoms with Crippen molar-refractivity contribution in [2.45, 2.75) is 71.3 Å². The van der Waals surface area contributed by atoms with Gasteiger partial charge in [0.05, 0.1) is 0 Å². The number of alkyl halides is 1. The van der Waals surface area contributed by atoms with Gasteiger partial charge >= 0.3 is 0 Å². The summed E-state index contributed by atoms with van der Waals surface area (Å²) in [7, 11) is 0. The van der Waals surface area contributed by atoms with Gasteiger partial charge in [-0.3, -0.25) is 14.7 Å². The zero-order valence-electron chi connectivity index (χ0n) is 14.8. The third-order valence-corrected chi connectivity index (χ3v) is 5.19. The van der Waals surface area contributed by atoms with Crippen molar-refractivity contribution in [2.75, 3.05) is 39.3 Å². The highest BCUT2D eigenvalue weighted by molar-refractivity contribution is 4.93. The quantitative estimate of drug-likeness (QED) is 0.737. The largest absolute Gasteiger partial charge is 0.296 e. The second-order valence-corrected chi connectivity index (χ2v) is 8.68. The molecule has 2 aliphatic rings. The van der Waals surface area contributed by atoms with E-state index in [2.05, 4.69) is 56.2 Å². The first-order valence-electron chi connectivity index (χ1n) is 8.47. The van der Waals surface area contributed by atoms with E-state index in [1.165, 1.54) is 0 Å². The summed E-state index contributed by atoms with van der Waals surface area (Å²) in [4.78, 5) is 7.20. The maximum Gasteiger partial charge on any atom is 0.128 e. The first-order valence-corrected chi connectivity index (χ1v) is 8.47. The smallest absolute Gasteiger partial charge is 0.128 e. The molecule has 2 saturated heterocycles. The van der Waals surface area contributed by atoms with Gasteiger partial charge in [-0.1, -0.05) is 0 Å². The maximum atomic E-state index is 14.6. The van der Waals surface area contributed by atoms with Crippen molar-refractivity contribution in [2.24, 2.45) is 0 Å². The molecule has 2 rings (SSSR count). The average molecular weight is 299 g/mol.